The molecule has 0 aromatic carbocycles. The number of nitrogens with one attached hydrogen (secondary N) is 1. The standard InChI is InChI=1S/C4H6N3/c1-7-4-2-3-5-6-7/h2-4,6H,1H2. The fraction of sp³-hybridized carbons (Fsp3) is 0. The molecule has 1 rings (SSSR count). The van der Waals surface area contributed by atoms with Crippen LogP contribution in [0.5, 0.6) is 0 Å². The van der Waals surface area contributed by atoms with Crippen LogP contribution in [0.1, 0.15) is 0 Å². The molecule has 0 saturated heterocycles. The smallest absolute Gasteiger partial charge is 0.0599 e. The third-order valence-electron chi connectivity index (χ3n) is 0.613. The maximum atomic E-state index is 3.66. The molecule has 1 aliphatic rings. The first kappa shape index (κ1) is 4.18. The van der Waals surface area contributed by atoms with Crippen molar-refractivity contribution in [1.82, 2.24) is 10.5 Å². The van der Waals surface area contributed by atoms with Gasteiger partial charge in [-0.2, -0.15) is 5.10 Å². The normalized spacial score (nSPS) is 17.0. The van der Waals surface area contributed by atoms with Gasteiger partial charge >= 0.3 is 0 Å². The summed E-state index contributed by atoms with van der Waals surface area (Å²) < 4.78 is 0. The molecule has 0 bridgehead atoms. The van der Waals surface area contributed by atoms with Crippen LogP contribution < -0.4 is 5.53 Å². The Morgan fingerprint density at radius 2 is 2.57 bits per heavy atom. The Morgan fingerprint density at radius 1 is 1.71 bits per heavy atom. The minimum Gasteiger partial charge on any atom is -0.278 e. The first-order valence-corrected chi connectivity index (χ1v) is 1.95. The van der Waals surface area contributed by atoms with Crippen molar-refractivity contribution in [1.29, 1.82) is 0 Å². The van der Waals surface area contributed by atoms with Gasteiger partial charge < -0.3 is 0 Å². The minimum absolute atomic E-state index is 1.51. The monoisotopic (exact) mass is 96.1 g/mol. The zero-order chi connectivity index (χ0) is 5.11. The highest BCUT2D eigenvalue weighted by Crippen LogP contribution is 1.82. The van der Waals surface area contributed by atoms with Crippen LogP contribution in [-0.4, -0.2) is 11.2 Å². The van der Waals surface area contributed by atoms with Gasteiger partial charge in [0.2, 0.25) is 0 Å². The maximum absolute atomic E-state index is 3.66. The van der Waals surface area contributed by atoms with E-state index < -0.39 is 0 Å². The summed E-state index contributed by atoms with van der Waals surface area (Å²) in [6.45, 7) is 0. The second-order valence-electron chi connectivity index (χ2n) is 1.19. The fourth-order valence-electron chi connectivity index (χ4n) is 0.326. The van der Waals surface area contributed by atoms with E-state index in [4.69, 9.17) is 0 Å². The number of hydrogen-bond donors (Lipinski definition) is 1. The predicted molar refractivity (Wildman–Crippen MR) is 28.0 cm³/mol. The Morgan fingerprint density at radius 3 is 2.86 bits per heavy atom. The van der Waals surface area contributed by atoms with Gasteiger partial charge in [-0.25, -0.2) is 5.53 Å². The summed E-state index contributed by atoms with van der Waals surface area (Å²) in [7, 11) is 3.52. The zero-order valence-corrected chi connectivity index (χ0v) is 3.83. The van der Waals surface area contributed by atoms with Gasteiger partial charge in [0.25, 0.3) is 0 Å². The first-order valence-electron chi connectivity index (χ1n) is 1.95. The van der Waals surface area contributed by atoms with E-state index in [1.165, 1.54) is 5.01 Å². The Bertz CT molecular complexity index is 106. The molecule has 1 aliphatic heterocycles. The third kappa shape index (κ3) is 0.924. The average Bonchev–Trinajstić information content (AvgIpc) is 1.69. The molecule has 0 amide bonds. The number of hydrazine groups is 1. The Hall–Kier alpha value is -0.990. The summed E-state index contributed by atoms with van der Waals surface area (Å²) in [5, 5.41) is 5.17. The van der Waals surface area contributed by atoms with Crippen LogP contribution in [0, 0.1) is 7.05 Å². The number of rotatable bonds is 0. The number of allylic oxidation sites excluding steroid dienone is 1. The highest BCUT2D eigenvalue weighted by atomic mass is 15.6. The van der Waals surface area contributed by atoms with Crippen molar-refractivity contribution in [2.75, 3.05) is 0 Å². The van der Waals surface area contributed by atoms with Crippen molar-refractivity contribution in [2.45, 2.75) is 0 Å². The van der Waals surface area contributed by atoms with Crippen molar-refractivity contribution >= 4 is 6.21 Å². The Labute approximate surface area is 42.3 Å². The molecule has 3 nitrogen and oxygen atoms in total. The van der Waals surface area contributed by atoms with Gasteiger partial charge in [-0.15, -0.1) is 0 Å². The molecule has 0 aliphatic carbocycles. The maximum Gasteiger partial charge on any atom is 0.0599 e. The Kier molecular flexibility index (Phi) is 0.978. The average molecular weight is 96.1 g/mol. The predicted octanol–water partition coefficient (Wildman–Crippen LogP) is 0.0977. The molecule has 0 spiro atoms. The van der Waals surface area contributed by atoms with Crippen molar-refractivity contribution < 1.29 is 0 Å². The van der Waals surface area contributed by atoms with Gasteiger partial charge in [0.05, 0.1) is 13.3 Å². The van der Waals surface area contributed by atoms with Crippen LogP contribution in [0.2, 0.25) is 0 Å². The van der Waals surface area contributed by atoms with Crippen LogP contribution in [0.25, 0.3) is 0 Å². The van der Waals surface area contributed by atoms with E-state index in [9.17, 15) is 0 Å². The van der Waals surface area contributed by atoms with Crippen molar-refractivity contribution in [3.63, 3.8) is 0 Å². The Balaban J connectivity index is 2.49. The van der Waals surface area contributed by atoms with Gasteiger partial charge in [-0.05, 0) is 6.08 Å². The fourth-order valence-corrected chi connectivity index (χ4v) is 0.326. The molecule has 7 heavy (non-hydrogen) atoms. The van der Waals surface area contributed by atoms with E-state index in [2.05, 4.69) is 17.7 Å². The van der Waals surface area contributed by atoms with Crippen molar-refractivity contribution in [2.24, 2.45) is 5.10 Å². The second kappa shape index (κ2) is 1.64. The first-order chi connectivity index (χ1) is 3.39. The molecule has 0 fully saturated rings. The molecule has 0 saturated carbocycles. The van der Waals surface area contributed by atoms with Crippen LogP contribution in [0.15, 0.2) is 17.4 Å². The summed E-state index contributed by atoms with van der Waals surface area (Å²) in [5.74, 6) is 0. The molecular formula is C4H6N3. The van der Waals surface area contributed by atoms with Gasteiger partial charge in [-0.1, -0.05) is 0 Å². The molecule has 0 aromatic rings. The van der Waals surface area contributed by atoms with Crippen LogP contribution in [0.4, 0.5) is 0 Å². The molecule has 3 heteroatoms. The van der Waals surface area contributed by atoms with Gasteiger partial charge in [0, 0.05) is 6.20 Å². The summed E-state index contributed by atoms with van der Waals surface area (Å²) >= 11 is 0. The number of nitrogens with zero attached hydrogens (tertiary/aromatic N) is 2. The van der Waals surface area contributed by atoms with Crippen LogP contribution >= 0.6 is 0 Å². The summed E-state index contributed by atoms with van der Waals surface area (Å²) in [6, 6.07) is 0. The lowest BCUT2D eigenvalue weighted by molar-refractivity contribution is 0.370. The van der Waals surface area contributed by atoms with Crippen molar-refractivity contribution in [3.05, 3.63) is 19.3 Å². The lowest BCUT2D eigenvalue weighted by Crippen LogP contribution is -2.24. The molecule has 1 heterocycles. The summed E-state index contributed by atoms with van der Waals surface area (Å²) in [6.07, 6.45) is 5.22. The van der Waals surface area contributed by atoms with E-state index in [1.54, 1.807) is 18.5 Å². The lowest BCUT2D eigenvalue weighted by atomic mass is 10.6. The van der Waals surface area contributed by atoms with Crippen LogP contribution in [-0.2, 0) is 0 Å². The van der Waals surface area contributed by atoms with Crippen molar-refractivity contribution in [3.8, 4) is 0 Å². The molecule has 1 radical (unpaired) electrons. The minimum atomic E-state index is 1.51. The highest BCUT2D eigenvalue weighted by Gasteiger charge is 1.84. The topological polar surface area (TPSA) is 27.6 Å². The zero-order valence-electron chi connectivity index (χ0n) is 3.83. The van der Waals surface area contributed by atoms with Crippen LogP contribution in [0.3, 0.4) is 0 Å². The van der Waals surface area contributed by atoms with E-state index in [0.717, 1.165) is 0 Å². The largest absolute Gasteiger partial charge is 0.278 e. The summed E-state index contributed by atoms with van der Waals surface area (Å²) in [5.41, 5.74) is 2.59. The molecule has 0 atom stereocenters. The highest BCUT2D eigenvalue weighted by molar-refractivity contribution is 5.70. The molecule has 1 N–H and O–H groups in total. The SMILES string of the molecule is [CH2]N1C=CC=NN1. The summed E-state index contributed by atoms with van der Waals surface area (Å²) in [4.78, 5) is 0. The van der Waals surface area contributed by atoms with Gasteiger partial charge in [0.15, 0.2) is 0 Å². The van der Waals surface area contributed by atoms with Gasteiger partial charge in [-0.3, -0.25) is 5.01 Å². The molecular weight excluding hydrogens is 90.1 g/mol. The van der Waals surface area contributed by atoms with E-state index >= 15 is 0 Å². The second-order valence-corrected chi connectivity index (χ2v) is 1.19. The molecule has 37 valence electrons. The van der Waals surface area contributed by atoms with E-state index in [-0.39, 0.29) is 0 Å². The number of hydrazone groups is 1. The molecule has 0 unspecified atom stereocenters. The van der Waals surface area contributed by atoms with Gasteiger partial charge in [0.1, 0.15) is 0 Å². The van der Waals surface area contributed by atoms with E-state index in [1.807, 2.05) is 0 Å². The molecule has 0 aromatic heterocycles. The third-order valence-corrected chi connectivity index (χ3v) is 0.613. The quantitative estimate of drug-likeness (QED) is 0.463. The number of hydrogen-bond acceptors (Lipinski definition) is 3. The lowest BCUT2D eigenvalue weighted by Gasteiger charge is -2.12. The van der Waals surface area contributed by atoms with E-state index in [0.29, 0.717) is 0 Å².